The highest BCUT2D eigenvalue weighted by Gasteiger charge is 2.27. The standard InChI is InChI=1S/C26H26N2O3/c1-31-24-11-6-5-10-23(24)28(19-27-17-7-12-25(27)29)26(30)18-20-13-15-22(16-14-20)21-8-3-2-4-9-21/h2-6,8-11,13-16H,7,12,17-19H2,1H3. The second kappa shape index (κ2) is 9.47. The van der Waals surface area contributed by atoms with Crippen LogP contribution in [0.15, 0.2) is 78.9 Å². The van der Waals surface area contributed by atoms with Gasteiger partial charge in [0.25, 0.3) is 0 Å². The highest BCUT2D eigenvalue weighted by Crippen LogP contribution is 2.29. The van der Waals surface area contributed by atoms with Crippen molar-refractivity contribution >= 4 is 17.5 Å². The molecule has 0 atom stereocenters. The fraction of sp³-hybridized carbons (Fsp3) is 0.231. The summed E-state index contributed by atoms with van der Waals surface area (Å²) in [6.07, 6.45) is 1.61. The van der Waals surface area contributed by atoms with E-state index >= 15 is 0 Å². The number of carbonyl (C=O) groups is 2. The Morgan fingerprint density at radius 3 is 2.29 bits per heavy atom. The summed E-state index contributed by atoms with van der Waals surface area (Å²) in [5.41, 5.74) is 3.86. The summed E-state index contributed by atoms with van der Waals surface area (Å²) in [5.74, 6) is 0.624. The first-order chi connectivity index (χ1) is 15.2. The lowest BCUT2D eigenvalue weighted by Gasteiger charge is -2.29. The molecule has 4 rings (SSSR count). The molecule has 5 heteroatoms. The molecule has 31 heavy (non-hydrogen) atoms. The predicted molar refractivity (Wildman–Crippen MR) is 122 cm³/mol. The van der Waals surface area contributed by atoms with Crippen LogP contribution in [0.3, 0.4) is 0 Å². The summed E-state index contributed by atoms with van der Waals surface area (Å²) in [5, 5.41) is 0. The molecule has 3 aromatic rings. The number of benzene rings is 3. The van der Waals surface area contributed by atoms with Crippen molar-refractivity contribution in [2.24, 2.45) is 0 Å². The molecule has 2 amide bonds. The van der Waals surface area contributed by atoms with Crippen LogP contribution in [-0.2, 0) is 16.0 Å². The average Bonchev–Trinajstić information content (AvgIpc) is 3.22. The van der Waals surface area contributed by atoms with Crippen LogP contribution in [0.5, 0.6) is 5.75 Å². The van der Waals surface area contributed by atoms with E-state index in [0.29, 0.717) is 24.4 Å². The summed E-state index contributed by atoms with van der Waals surface area (Å²) < 4.78 is 5.49. The number of hydrogen-bond acceptors (Lipinski definition) is 3. The molecule has 0 N–H and O–H groups in total. The molecule has 5 nitrogen and oxygen atoms in total. The van der Waals surface area contributed by atoms with Crippen molar-refractivity contribution in [2.45, 2.75) is 19.3 Å². The summed E-state index contributed by atoms with van der Waals surface area (Å²) in [6.45, 7) is 0.906. The first-order valence-electron chi connectivity index (χ1n) is 10.5. The van der Waals surface area contributed by atoms with Gasteiger partial charge < -0.3 is 9.64 Å². The molecule has 0 unspecified atom stereocenters. The van der Waals surface area contributed by atoms with Crippen LogP contribution in [-0.4, -0.2) is 37.0 Å². The number of anilines is 1. The highest BCUT2D eigenvalue weighted by molar-refractivity contribution is 5.96. The molecule has 0 saturated carbocycles. The maximum atomic E-state index is 13.4. The van der Waals surface area contributed by atoms with Crippen molar-refractivity contribution in [3.63, 3.8) is 0 Å². The van der Waals surface area contributed by atoms with E-state index in [0.717, 1.165) is 23.1 Å². The summed E-state index contributed by atoms with van der Waals surface area (Å²) >= 11 is 0. The van der Waals surface area contributed by atoms with E-state index in [2.05, 4.69) is 12.1 Å². The minimum absolute atomic E-state index is 0.0725. The van der Waals surface area contributed by atoms with Crippen molar-refractivity contribution in [3.05, 3.63) is 84.4 Å². The van der Waals surface area contributed by atoms with E-state index in [1.165, 1.54) is 0 Å². The Bertz CT molecular complexity index is 1050. The Kier molecular flexibility index (Phi) is 6.32. The van der Waals surface area contributed by atoms with Crippen molar-refractivity contribution in [1.82, 2.24) is 4.90 Å². The number of methoxy groups -OCH3 is 1. The number of para-hydroxylation sites is 2. The lowest BCUT2D eigenvalue weighted by molar-refractivity contribution is -0.128. The quantitative estimate of drug-likeness (QED) is 0.571. The van der Waals surface area contributed by atoms with Gasteiger partial charge in [0, 0.05) is 13.0 Å². The maximum absolute atomic E-state index is 13.4. The molecule has 1 fully saturated rings. The zero-order valence-electron chi connectivity index (χ0n) is 17.7. The summed E-state index contributed by atoms with van der Waals surface area (Å²) in [4.78, 5) is 29.0. The molecule has 0 spiro atoms. The number of nitrogens with zero attached hydrogens (tertiary/aromatic N) is 2. The number of ether oxygens (including phenoxy) is 1. The molecule has 0 aliphatic carbocycles. The normalized spacial score (nSPS) is 13.3. The second-order valence-electron chi connectivity index (χ2n) is 7.64. The Morgan fingerprint density at radius 2 is 1.61 bits per heavy atom. The van der Waals surface area contributed by atoms with Gasteiger partial charge >= 0.3 is 0 Å². The van der Waals surface area contributed by atoms with Gasteiger partial charge in [-0.25, -0.2) is 0 Å². The van der Waals surface area contributed by atoms with Gasteiger partial charge in [0.2, 0.25) is 11.8 Å². The zero-order valence-corrected chi connectivity index (χ0v) is 17.7. The maximum Gasteiger partial charge on any atom is 0.233 e. The molecule has 1 aliphatic heterocycles. The van der Waals surface area contributed by atoms with Gasteiger partial charge in [-0.05, 0) is 35.2 Å². The minimum Gasteiger partial charge on any atom is -0.495 e. The minimum atomic E-state index is -0.0725. The Labute approximate surface area is 182 Å². The monoisotopic (exact) mass is 414 g/mol. The average molecular weight is 415 g/mol. The van der Waals surface area contributed by atoms with Gasteiger partial charge in [0.05, 0.1) is 19.2 Å². The van der Waals surface area contributed by atoms with Crippen molar-refractivity contribution in [2.75, 3.05) is 25.2 Å². The van der Waals surface area contributed by atoms with Crippen LogP contribution in [0.4, 0.5) is 5.69 Å². The van der Waals surface area contributed by atoms with Crippen molar-refractivity contribution in [3.8, 4) is 16.9 Å². The molecule has 3 aromatic carbocycles. The lowest BCUT2D eigenvalue weighted by atomic mass is 10.0. The van der Waals surface area contributed by atoms with E-state index in [1.54, 1.807) is 16.9 Å². The fourth-order valence-corrected chi connectivity index (χ4v) is 3.88. The third kappa shape index (κ3) is 4.77. The van der Waals surface area contributed by atoms with Gasteiger partial charge in [-0.15, -0.1) is 0 Å². The fourth-order valence-electron chi connectivity index (χ4n) is 3.88. The summed E-state index contributed by atoms with van der Waals surface area (Å²) in [7, 11) is 1.59. The molecule has 0 bridgehead atoms. The van der Waals surface area contributed by atoms with E-state index in [4.69, 9.17) is 4.74 Å². The molecule has 0 radical (unpaired) electrons. The number of amides is 2. The molecular weight excluding hydrogens is 388 g/mol. The summed E-state index contributed by atoms with van der Waals surface area (Å²) in [6, 6.07) is 25.6. The molecule has 1 saturated heterocycles. The van der Waals surface area contributed by atoms with E-state index in [-0.39, 0.29) is 24.9 Å². The smallest absolute Gasteiger partial charge is 0.233 e. The van der Waals surface area contributed by atoms with Crippen LogP contribution in [0.1, 0.15) is 18.4 Å². The Hall–Kier alpha value is -3.60. The van der Waals surface area contributed by atoms with Crippen molar-refractivity contribution < 1.29 is 14.3 Å². The zero-order chi connectivity index (χ0) is 21.6. The molecule has 158 valence electrons. The third-order valence-corrected chi connectivity index (χ3v) is 5.58. The SMILES string of the molecule is COc1ccccc1N(CN1CCCC1=O)C(=O)Cc1ccc(-c2ccccc2)cc1. The predicted octanol–water partition coefficient (Wildman–Crippen LogP) is 4.52. The van der Waals surface area contributed by atoms with E-state index in [9.17, 15) is 9.59 Å². The van der Waals surface area contributed by atoms with Gasteiger partial charge in [-0.2, -0.15) is 0 Å². The van der Waals surface area contributed by atoms with Crippen LogP contribution in [0, 0.1) is 0 Å². The molecule has 1 heterocycles. The number of carbonyl (C=O) groups excluding carboxylic acids is 2. The first-order valence-corrected chi connectivity index (χ1v) is 10.5. The number of likely N-dealkylation sites (tertiary alicyclic amines) is 1. The first kappa shape index (κ1) is 20.7. The second-order valence-corrected chi connectivity index (χ2v) is 7.64. The van der Waals surface area contributed by atoms with Gasteiger partial charge in [0.15, 0.2) is 0 Å². The topological polar surface area (TPSA) is 49.9 Å². The van der Waals surface area contributed by atoms with Crippen LogP contribution < -0.4 is 9.64 Å². The van der Waals surface area contributed by atoms with E-state index in [1.807, 2.05) is 66.7 Å². The van der Waals surface area contributed by atoms with Crippen LogP contribution in [0.2, 0.25) is 0 Å². The van der Waals surface area contributed by atoms with Gasteiger partial charge in [-0.3, -0.25) is 14.5 Å². The highest BCUT2D eigenvalue weighted by atomic mass is 16.5. The van der Waals surface area contributed by atoms with Gasteiger partial charge in [0.1, 0.15) is 12.4 Å². The number of hydrogen-bond donors (Lipinski definition) is 0. The van der Waals surface area contributed by atoms with Crippen LogP contribution >= 0.6 is 0 Å². The van der Waals surface area contributed by atoms with Crippen molar-refractivity contribution in [1.29, 1.82) is 0 Å². The number of rotatable bonds is 7. The largest absolute Gasteiger partial charge is 0.495 e. The van der Waals surface area contributed by atoms with E-state index < -0.39 is 0 Å². The van der Waals surface area contributed by atoms with Crippen LogP contribution in [0.25, 0.3) is 11.1 Å². The molecule has 0 aromatic heterocycles. The molecule has 1 aliphatic rings. The third-order valence-electron chi connectivity index (χ3n) is 5.58. The lowest BCUT2D eigenvalue weighted by Crippen LogP contribution is -2.43. The van der Waals surface area contributed by atoms with Gasteiger partial charge in [-0.1, -0.05) is 66.7 Å². The molecular formula is C26H26N2O3. The Morgan fingerprint density at radius 1 is 0.935 bits per heavy atom. The Balaban J connectivity index is 1.56.